The number of carbonyl (C=O) groups is 3. The summed E-state index contributed by atoms with van der Waals surface area (Å²) in [5.41, 5.74) is 0.843. The number of allylic oxidation sites excluding steroid dienone is 1. The Hall–Kier alpha value is -2.08. The third-order valence-corrected chi connectivity index (χ3v) is 3.79. The number of hydrogen-bond acceptors (Lipinski definition) is 4. The van der Waals surface area contributed by atoms with Crippen LogP contribution in [0.1, 0.15) is 18.4 Å². The number of carboxylic acid groups (broad SMARTS) is 2. The van der Waals surface area contributed by atoms with Crippen LogP contribution in [0.2, 0.25) is 0 Å². The Morgan fingerprint density at radius 1 is 1.10 bits per heavy atom. The van der Waals surface area contributed by atoms with Crippen molar-refractivity contribution in [3.05, 3.63) is 42.0 Å². The van der Waals surface area contributed by atoms with Crippen molar-refractivity contribution in [1.82, 2.24) is 0 Å². The van der Waals surface area contributed by atoms with E-state index < -0.39 is 17.2 Å². The second-order valence-corrected chi connectivity index (χ2v) is 5.56. The molecule has 21 heavy (non-hydrogen) atoms. The molecule has 0 amide bonds. The fourth-order valence-electron chi connectivity index (χ4n) is 1.54. The zero-order chi connectivity index (χ0) is 15.7. The molecule has 1 rings (SSSR count). The maximum absolute atomic E-state index is 12.0. The standard InChI is InChI=1S/C15H16O5S/c16-12(7-6-11-4-2-1-3-5-11)13(10-15(19)20)21-9-8-14(17)18/h1-7,13H,8-10H2,(H,17,18)(H,19,20). The van der Waals surface area contributed by atoms with E-state index in [-0.39, 0.29) is 24.4 Å². The van der Waals surface area contributed by atoms with Crippen LogP contribution in [0.25, 0.3) is 6.08 Å². The van der Waals surface area contributed by atoms with Gasteiger partial charge in [-0.3, -0.25) is 14.4 Å². The largest absolute Gasteiger partial charge is 0.481 e. The number of benzene rings is 1. The van der Waals surface area contributed by atoms with Gasteiger partial charge in [0.05, 0.1) is 18.1 Å². The van der Waals surface area contributed by atoms with Gasteiger partial charge in [0, 0.05) is 5.75 Å². The highest BCUT2D eigenvalue weighted by molar-refractivity contribution is 8.00. The molecular weight excluding hydrogens is 292 g/mol. The van der Waals surface area contributed by atoms with Gasteiger partial charge in [-0.05, 0) is 11.6 Å². The van der Waals surface area contributed by atoms with Crippen LogP contribution in [-0.2, 0) is 14.4 Å². The van der Waals surface area contributed by atoms with Crippen molar-refractivity contribution in [3.63, 3.8) is 0 Å². The van der Waals surface area contributed by atoms with E-state index >= 15 is 0 Å². The molecule has 5 nitrogen and oxygen atoms in total. The number of rotatable bonds is 9. The van der Waals surface area contributed by atoms with Gasteiger partial charge in [-0.25, -0.2) is 0 Å². The fourth-order valence-corrected chi connectivity index (χ4v) is 2.62. The molecule has 1 aromatic rings. The zero-order valence-corrected chi connectivity index (χ0v) is 12.1. The Kier molecular flexibility index (Phi) is 7.25. The Labute approximate surface area is 126 Å². The van der Waals surface area contributed by atoms with E-state index in [0.717, 1.165) is 17.3 Å². The number of carbonyl (C=O) groups excluding carboxylic acids is 1. The van der Waals surface area contributed by atoms with Crippen LogP contribution in [0.3, 0.4) is 0 Å². The Morgan fingerprint density at radius 2 is 1.76 bits per heavy atom. The first-order valence-corrected chi connectivity index (χ1v) is 7.36. The van der Waals surface area contributed by atoms with Gasteiger partial charge >= 0.3 is 11.9 Å². The molecule has 112 valence electrons. The maximum Gasteiger partial charge on any atom is 0.304 e. The summed E-state index contributed by atoms with van der Waals surface area (Å²) in [4.78, 5) is 33.2. The lowest BCUT2D eigenvalue weighted by molar-refractivity contribution is -0.138. The van der Waals surface area contributed by atoms with Crippen molar-refractivity contribution in [1.29, 1.82) is 0 Å². The number of hydrogen-bond donors (Lipinski definition) is 2. The highest BCUT2D eigenvalue weighted by Crippen LogP contribution is 2.18. The molecule has 1 unspecified atom stereocenters. The van der Waals surface area contributed by atoms with Crippen molar-refractivity contribution in [3.8, 4) is 0 Å². The summed E-state index contributed by atoms with van der Waals surface area (Å²) in [6, 6.07) is 9.18. The SMILES string of the molecule is O=C(O)CCSC(CC(=O)O)C(=O)C=Cc1ccccc1. The van der Waals surface area contributed by atoms with Crippen LogP contribution < -0.4 is 0 Å². The van der Waals surface area contributed by atoms with Crippen molar-refractivity contribution >= 4 is 35.6 Å². The smallest absolute Gasteiger partial charge is 0.304 e. The normalized spacial score (nSPS) is 12.2. The molecule has 0 saturated carbocycles. The number of aliphatic carboxylic acids is 2. The number of thioether (sulfide) groups is 1. The molecular formula is C15H16O5S. The monoisotopic (exact) mass is 308 g/mol. The van der Waals surface area contributed by atoms with Crippen LogP contribution in [0.4, 0.5) is 0 Å². The Morgan fingerprint density at radius 3 is 2.33 bits per heavy atom. The van der Waals surface area contributed by atoms with Crippen molar-refractivity contribution in [2.24, 2.45) is 0 Å². The number of carboxylic acids is 2. The molecule has 0 heterocycles. The summed E-state index contributed by atoms with van der Waals surface area (Å²) in [7, 11) is 0. The van der Waals surface area contributed by atoms with E-state index in [1.54, 1.807) is 6.08 Å². The van der Waals surface area contributed by atoms with Gasteiger partial charge in [-0.1, -0.05) is 36.4 Å². The average Bonchev–Trinajstić information content (AvgIpc) is 2.44. The molecule has 1 atom stereocenters. The molecule has 0 fully saturated rings. The summed E-state index contributed by atoms with van der Waals surface area (Å²) in [6.45, 7) is 0. The van der Waals surface area contributed by atoms with Crippen LogP contribution in [0, 0.1) is 0 Å². The van der Waals surface area contributed by atoms with Gasteiger partial charge < -0.3 is 10.2 Å². The van der Waals surface area contributed by atoms with Gasteiger partial charge in [0.25, 0.3) is 0 Å². The first-order valence-electron chi connectivity index (χ1n) is 6.31. The first kappa shape index (κ1) is 17.0. The predicted octanol–water partition coefficient (Wildman–Crippen LogP) is 2.32. The summed E-state index contributed by atoms with van der Waals surface area (Å²) in [5.74, 6) is -2.16. The minimum atomic E-state index is -1.08. The molecule has 6 heteroatoms. The molecule has 0 radical (unpaired) electrons. The van der Waals surface area contributed by atoms with Gasteiger partial charge in [0.2, 0.25) is 0 Å². The molecule has 0 spiro atoms. The third kappa shape index (κ3) is 7.31. The summed E-state index contributed by atoms with van der Waals surface area (Å²) in [6.07, 6.45) is 2.55. The zero-order valence-electron chi connectivity index (χ0n) is 11.3. The van der Waals surface area contributed by atoms with Gasteiger partial charge in [0.15, 0.2) is 5.78 Å². The minimum absolute atomic E-state index is 0.101. The van der Waals surface area contributed by atoms with E-state index in [4.69, 9.17) is 10.2 Å². The molecule has 2 N–H and O–H groups in total. The topological polar surface area (TPSA) is 91.7 Å². The Balaban J connectivity index is 2.63. The highest BCUT2D eigenvalue weighted by atomic mass is 32.2. The molecule has 0 aliphatic carbocycles. The summed E-state index contributed by atoms with van der Waals surface area (Å²) < 4.78 is 0. The average molecular weight is 308 g/mol. The van der Waals surface area contributed by atoms with Gasteiger partial charge in [-0.2, -0.15) is 0 Å². The van der Waals surface area contributed by atoms with Crippen LogP contribution >= 0.6 is 11.8 Å². The van der Waals surface area contributed by atoms with Gasteiger partial charge in [-0.15, -0.1) is 11.8 Å². The highest BCUT2D eigenvalue weighted by Gasteiger charge is 2.20. The minimum Gasteiger partial charge on any atom is -0.481 e. The van der Waals surface area contributed by atoms with Crippen LogP contribution in [0.15, 0.2) is 36.4 Å². The maximum atomic E-state index is 12.0. The van der Waals surface area contributed by atoms with E-state index in [0.29, 0.717) is 0 Å². The van der Waals surface area contributed by atoms with Crippen LogP contribution in [-0.4, -0.2) is 38.9 Å². The lowest BCUT2D eigenvalue weighted by Crippen LogP contribution is -2.20. The van der Waals surface area contributed by atoms with E-state index in [2.05, 4.69) is 0 Å². The van der Waals surface area contributed by atoms with Crippen molar-refractivity contribution in [2.75, 3.05) is 5.75 Å². The quantitative estimate of drug-likeness (QED) is 0.680. The van der Waals surface area contributed by atoms with Gasteiger partial charge in [0.1, 0.15) is 0 Å². The molecule has 0 aliphatic rings. The van der Waals surface area contributed by atoms with E-state index in [1.807, 2.05) is 30.3 Å². The lowest BCUT2D eigenvalue weighted by atomic mass is 10.1. The molecule has 0 aliphatic heterocycles. The molecule has 0 aromatic heterocycles. The summed E-state index contributed by atoms with van der Waals surface area (Å²) in [5, 5.41) is 16.6. The first-order chi connectivity index (χ1) is 9.99. The lowest BCUT2D eigenvalue weighted by Gasteiger charge is -2.10. The Bertz CT molecular complexity index is 524. The van der Waals surface area contributed by atoms with Crippen LogP contribution in [0.5, 0.6) is 0 Å². The predicted molar refractivity (Wildman–Crippen MR) is 81.2 cm³/mol. The summed E-state index contributed by atoms with van der Waals surface area (Å²) >= 11 is 1.06. The second-order valence-electron chi connectivity index (χ2n) is 4.25. The third-order valence-electron chi connectivity index (χ3n) is 2.55. The molecule has 1 aromatic carbocycles. The van der Waals surface area contributed by atoms with Crippen molar-refractivity contribution in [2.45, 2.75) is 18.1 Å². The fraction of sp³-hybridized carbons (Fsp3) is 0.267. The van der Waals surface area contributed by atoms with Crippen molar-refractivity contribution < 1.29 is 24.6 Å². The molecule has 0 bridgehead atoms. The number of ketones is 1. The van der Waals surface area contributed by atoms with E-state index in [9.17, 15) is 14.4 Å². The second kappa shape index (κ2) is 8.97. The van der Waals surface area contributed by atoms with E-state index in [1.165, 1.54) is 6.08 Å². The molecule has 0 saturated heterocycles.